The lowest BCUT2D eigenvalue weighted by Gasteiger charge is -2.18. The molecule has 1 aromatic heterocycles. The largest absolute Gasteiger partial charge is 0.481 e. The Morgan fingerprint density at radius 2 is 1.96 bits per heavy atom. The van der Waals surface area contributed by atoms with E-state index in [0.717, 1.165) is 22.4 Å². The van der Waals surface area contributed by atoms with Crippen LogP contribution in [0.4, 0.5) is 0 Å². The molecule has 0 saturated carbocycles. The Kier molecular flexibility index (Phi) is 4.83. The second-order valence-corrected chi connectivity index (χ2v) is 6.04. The van der Waals surface area contributed by atoms with E-state index in [9.17, 15) is 9.90 Å². The van der Waals surface area contributed by atoms with Crippen molar-refractivity contribution in [2.24, 2.45) is 7.05 Å². The first kappa shape index (κ1) is 16.5. The molecule has 1 atom stereocenters. The third-order valence-corrected chi connectivity index (χ3v) is 4.39. The Hall–Kier alpha value is -2.37. The normalized spacial score (nSPS) is 12.4. The van der Waals surface area contributed by atoms with Gasteiger partial charge in [-0.1, -0.05) is 41.9 Å². The molecule has 2 N–H and O–H groups in total. The lowest BCUT2D eigenvalue weighted by atomic mass is 10.0. The lowest BCUT2D eigenvalue weighted by Crippen LogP contribution is -2.25. The SMILES string of the molecule is Cn1c(CNC(CC(=O)O)c2ccccc2Cl)nc2ccccc21. The van der Waals surface area contributed by atoms with Gasteiger partial charge in [-0.15, -0.1) is 0 Å². The molecule has 6 heteroatoms. The van der Waals surface area contributed by atoms with Gasteiger partial charge in [0.25, 0.3) is 0 Å². The highest BCUT2D eigenvalue weighted by molar-refractivity contribution is 6.31. The summed E-state index contributed by atoms with van der Waals surface area (Å²) >= 11 is 6.23. The van der Waals surface area contributed by atoms with Crippen LogP contribution >= 0.6 is 11.6 Å². The van der Waals surface area contributed by atoms with Gasteiger partial charge in [0.05, 0.1) is 24.0 Å². The van der Waals surface area contributed by atoms with Crippen molar-refractivity contribution >= 4 is 28.6 Å². The number of aryl methyl sites for hydroxylation is 1. The fraction of sp³-hybridized carbons (Fsp3) is 0.222. The quantitative estimate of drug-likeness (QED) is 0.718. The highest BCUT2D eigenvalue weighted by Gasteiger charge is 2.18. The average molecular weight is 344 g/mol. The Bertz CT molecular complexity index is 876. The van der Waals surface area contributed by atoms with Crippen molar-refractivity contribution in [2.45, 2.75) is 19.0 Å². The van der Waals surface area contributed by atoms with Gasteiger partial charge >= 0.3 is 5.97 Å². The Morgan fingerprint density at radius 1 is 1.25 bits per heavy atom. The standard InChI is InChI=1S/C18H18ClN3O2/c1-22-16-9-5-4-8-14(16)21-17(22)11-20-15(10-18(23)24)12-6-2-3-7-13(12)19/h2-9,15,20H,10-11H2,1H3,(H,23,24). The molecular formula is C18H18ClN3O2. The van der Waals surface area contributed by atoms with Crippen molar-refractivity contribution in [3.05, 3.63) is 64.9 Å². The van der Waals surface area contributed by atoms with E-state index in [0.29, 0.717) is 11.6 Å². The first-order chi connectivity index (χ1) is 11.6. The maximum atomic E-state index is 11.2. The Labute approximate surface area is 144 Å². The lowest BCUT2D eigenvalue weighted by molar-refractivity contribution is -0.137. The summed E-state index contributed by atoms with van der Waals surface area (Å²) in [6, 6.07) is 14.8. The summed E-state index contributed by atoms with van der Waals surface area (Å²) in [5.74, 6) is -0.0314. The van der Waals surface area contributed by atoms with Crippen LogP contribution in [-0.2, 0) is 18.4 Å². The van der Waals surface area contributed by atoms with Crippen LogP contribution in [0, 0.1) is 0 Å². The molecule has 2 aromatic carbocycles. The molecule has 0 aliphatic heterocycles. The summed E-state index contributed by atoms with van der Waals surface area (Å²) in [6.07, 6.45) is -0.0479. The maximum absolute atomic E-state index is 11.2. The van der Waals surface area contributed by atoms with Crippen molar-refractivity contribution in [1.29, 1.82) is 0 Å². The number of carboxylic acid groups (broad SMARTS) is 1. The number of hydrogen-bond acceptors (Lipinski definition) is 3. The Morgan fingerprint density at radius 3 is 2.67 bits per heavy atom. The van der Waals surface area contributed by atoms with Crippen LogP contribution in [0.5, 0.6) is 0 Å². The molecule has 0 spiro atoms. The summed E-state index contributed by atoms with van der Waals surface area (Å²) in [5, 5.41) is 13.0. The minimum Gasteiger partial charge on any atom is -0.481 e. The molecule has 124 valence electrons. The number of aromatic nitrogens is 2. The van der Waals surface area contributed by atoms with Crippen molar-refractivity contribution in [2.75, 3.05) is 0 Å². The van der Waals surface area contributed by atoms with Crippen LogP contribution < -0.4 is 5.32 Å². The van der Waals surface area contributed by atoms with E-state index in [-0.39, 0.29) is 12.5 Å². The molecule has 3 rings (SSSR count). The predicted octanol–water partition coefficient (Wildman–Crippen LogP) is 3.53. The molecule has 0 aliphatic carbocycles. The van der Waals surface area contributed by atoms with Crippen LogP contribution in [0.2, 0.25) is 5.02 Å². The predicted molar refractivity (Wildman–Crippen MR) is 94.0 cm³/mol. The van der Waals surface area contributed by atoms with Crippen LogP contribution in [0.3, 0.4) is 0 Å². The molecule has 0 aliphatic rings. The van der Waals surface area contributed by atoms with Gasteiger partial charge in [0.1, 0.15) is 5.82 Å². The molecule has 0 bridgehead atoms. The molecule has 1 unspecified atom stereocenters. The zero-order chi connectivity index (χ0) is 17.1. The summed E-state index contributed by atoms with van der Waals surface area (Å²) in [7, 11) is 1.95. The molecule has 0 amide bonds. The molecule has 24 heavy (non-hydrogen) atoms. The number of para-hydroxylation sites is 2. The maximum Gasteiger partial charge on any atom is 0.305 e. The highest BCUT2D eigenvalue weighted by Crippen LogP contribution is 2.25. The molecule has 0 radical (unpaired) electrons. The third kappa shape index (κ3) is 3.42. The zero-order valence-electron chi connectivity index (χ0n) is 13.2. The number of nitrogens with one attached hydrogen (secondary N) is 1. The van der Waals surface area contributed by atoms with E-state index in [4.69, 9.17) is 11.6 Å². The van der Waals surface area contributed by atoms with Crippen molar-refractivity contribution < 1.29 is 9.90 Å². The summed E-state index contributed by atoms with van der Waals surface area (Å²) in [5.41, 5.74) is 2.74. The molecule has 0 saturated heterocycles. The van der Waals surface area contributed by atoms with Gasteiger partial charge < -0.3 is 15.0 Å². The summed E-state index contributed by atoms with van der Waals surface area (Å²) in [4.78, 5) is 15.8. The molecular weight excluding hydrogens is 326 g/mol. The molecule has 3 aromatic rings. The van der Waals surface area contributed by atoms with Crippen LogP contribution in [0.15, 0.2) is 48.5 Å². The van der Waals surface area contributed by atoms with E-state index in [1.54, 1.807) is 6.07 Å². The van der Waals surface area contributed by atoms with E-state index < -0.39 is 5.97 Å². The van der Waals surface area contributed by atoms with Gasteiger partial charge in [0.15, 0.2) is 0 Å². The minimum atomic E-state index is -0.877. The number of carbonyl (C=O) groups is 1. The van der Waals surface area contributed by atoms with Crippen molar-refractivity contribution in [1.82, 2.24) is 14.9 Å². The first-order valence-electron chi connectivity index (χ1n) is 7.66. The first-order valence-corrected chi connectivity index (χ1v) is 8.04. The zero-order valence-corrected chi connectivity index (χ0v) is 14.0. The second-order valence-electron chi connectivity index (χ2n) is 5.63. The number of halogens is 1. The van der Waals surface area contributed by atoms with Gasteiger partial charge in [-0.05, 0) is 23.8 Å². The number of carboxylic acids is 1. The van der Waals surface area contributed by atoms with E-state index >= 15 is 0 Å². The van der Waals surface area contributed by atoms with Crippen molar-refractivity contribution in [3.8, 4) is 0 Å². The number of benzene rings is 2. The van der Waals surface area contributed by atoms with Crippen LogP contribution in [0.25, 0.3) is 11.0 Å². The monoisotopic (exact) mass is 343 g/mol. The van der Waals surface area contributed by atoms with E-state index in [2.05, 4.69) is 10.3 Å². The fourth-order valence-corrected chi connectivity index (χ4v) is 3.06. The highest BCUT2D eigenvalue weighted by atomic mass is 35.5. The fourth-order valence-electron chi connectivity index (χ4n) is 2.79. The van der Waals surface area contributed by atoms with Gasteiger partial charge in [0, 0.05) is 18.1 Å². The third-order valence-electron chi connectivity index (χ3n) is 4.05. The van der Waals surface area contributed by atoms with Gasteiger partial charge in [0.2, 0.25) is 0 Å². The Balaban J connectivity index is 1.84. The van der Waals surface area contributed by atoms with E-state index in [1.807, 2.05) is 54.1 Å². The number of nitrogens with zero attached hydrogens (tertiary/aromatic N) is 2. The van der Waals surface area contributed by atoms with Crippen LogP contribution in [0.1, 0.15) is 23.9 Å². The number of hydrogen-bond donors (Lipinski definition) is 2. The van der Waals surface area contributed by atoms with Crippen LogP contribution in [-0.4, -0.2) is 20.6 Å². The molecule has 5 nitrogen and oxygen atoms in total. The minimum absolute atomic E-state index is 0.0479. The second kappa shape index (κ2) is 7.03. The smallest absolute Gasteiger partial charge is 0.305 e. The van der Waals surface area contributed by atoms with E-state index in [1.165, 1.54) is 0 Å². The number of imidazole rings is 1. The molecule has 1 heterocycles. The van der Waals surface area contributed by atoms with Gasteiger partial charge in [-0.2, -0.15) is 0 Å². The average Bonchev–Trinajstić information content (AvgIpc) is 2.88. The van der Waals surface area contributed by atoms with Gasteiger partial charge in [-0.3, -0.25) is 4.79 Å². The van der Waals surface area contributed by atoms with Gasteiger partial charge in [-0.25, -0.2) is 4.98 Å². The van der Waals surface area contributed by atoms with Crippen molar-refractivity contribution in [3.63, 3.8) is 0 Å². The summed E-state index contributed by atoms with van der Waals surface area (Å²) < 4.78 is 2.01. The number of aliphatic carboxylic acids is 1. The number of rotatable bonds is 6. The topological polar surface area (TPSA) is 67.2 Å². The molecule has 0 fully saturated rings. The number of fused-ring (bicyclic) bond motifs is 1. The summed E-state index contributed by atoms with van der Waals surface area (Å²) in [6.45, 7) is 0.453.